The van der Waals surface area contributed by atoms with Crippen molar-refractivity contribution in [3.63, 3.8) is 0 Å². The minimum atomic E-state index is -0.553. The zero-order valence-electron chi connectivity index (χ0n) is 50.9. The van der Waals surface area contributed by atoms with Crippen LogP contribution < -0.4 is 14.5 Å². The number of aromatic nitrogens is 2. The summed E-state index contributed by atoms with van der Waals surface area (Å²) in [7, 11) is 0. The fraction of sp³-hybridized carbons (Fsp3) is 0.250. The van der Waals surface area contributed by atoms with Crippen molar-refractivity contribution in [2.24, 2.45) is 5.92 Å². The van der Waals surface area contributed by atoms with E-state index in [4.69, 9.17) is 17.9 Å². The SMILES string of the molecule is [2H]c1c([2H])c([2H])c(-c2cc(CC(C)C)cc(-c3c([2H])c([2H])c([2H])c([2H])c3[2H])c2N2[CH-]N(c3[c-]c(Oc4[c-]c5c(cc4CCC)c4cc(CCCCC)ccc4n5-c4cc(C(C)(C)C)ccn4)ccc3)c3ccccc32)c([2H])c1[2H].[Pt]. The molecule has 0 N–H and O–H groups in total. The number of aryl methyl sites for hydroxylation is 2. The Morgan fingerprint density at radius 1 is 0.700 bits per heavy atom. The second kappa shape index (κ2) is 20.9. The molecular formula is C64H63N4OPt-3. The number of benzene rings is 7. The van der Waals surface area contributed by atoms with E-state index in [0.29, 0.717) is 40.5 Å². The van der Waals surface area contributed by atoms with Gasteiger partial charge >= 0.3 is 0 Å². The molecule has 358 valence electrons. The molecule has 0 amide bonds. The first-order valence-electron chi connectivity index (χ1n) is 29.3. The van der Waals surface area contributed by atoms with Crippen LogP contribution in [-0.4, -0.2) is 9.55 Å². The standard InChI is InChI=1S/C64H63N4O.Pt/c1-8-10-13-22-45-31-32-57-55(36-45)56-39-49(21-9-2)61(42-60(56)68(57)62-40-50(33-34-65-62)64(5,6)7)69-52-28-20-27-51(41-52)66-43-67(59-30-19-18-29-58(59)66)63-53(47-23-14-11-15-24-47)37-46(35-44(3)4)38-54(63)48-25-16-12-17-26-48;/h11-12,14-20,23-34,36-40,43-44H,8-10,13,21-22,35H2,1-7H3;/q-3;/i11D,12D,14D,15D,16D,17D,23D,24D,25D,26D;. The van der Waals surface area contributed by atoms with Gasteiger partial charge in [0.15, 0.2) is 0 Å². The number of unbranched alkanes of at least 4 members (excludes halogenated alkanes) is 2. The second-order valence-electron chi connectivity index (χ2n) is 19.4. The van der Waals surface area contributed by atoms with Gasteiger partial charge in [0.05, 0.1) is 13.7 Å². The Morgan fingerprint density at radius 2 is 1.40 bits per heavy atom. The molecule has 1 aliphatic rings. The Kier molecular flexibility index (Phi) is 11.2. The van der Waals surface area contributed by atoms with Gasteiger partial charge in [-0.15, -0.1) is 47.6 Å². The van der Waals surface area contributed by atoms with E-state index in [1.807, 2.05) is 67.4 Å². The summed E-state index contributed by atoms with van der Waals surface area (Å²) in [6.07, 6.45) is 8.37. The summed E-state index contributed by atoms with van der Waals surface area (Å²) in [5.41, 5.74) is 8.28. The Labute approximate surface area is 444 Å². The van der Waals surface area contributed by atoms with Gasteiger partial charge in [-0.25, -0.2) is 4.98 Å². The number of rotatable bonds is 15. The molecule has 0 bridgehead atoms. The topological polar surface area (TPSA) is 33.5 Å². The number of hydrogen-bond donors (Lipinski definition) is 0. The Morgan fingerprint density at radius 3 is 2.06 bits per heavy atom. The van der Waals surface area contributed by atoms with E-state index in [9.17, 15) is 5.48 Å². The summed E-state index contributed by atoms with van der Waals surface area (Å²) >= 11 is 0. The molecule has 70 heavy (non-hydrogen) atoms. The van der Waals surface area contributed by atoms with Crippen LogP contribution in [0.4, 0.5) is 22.7 Å². The summed E-state index contributed by atoms with van der Waals surface area (Å²) in [5.74, 6) is 1.85. The van der Waals surface area contributed by atoms with E-state index in [1.165, 1.54) is 12.0 Å². The van der Waals surface area contributed by atoms with Gasteiger partial charge in [0.25, 0.3) is 0 Å². The first-order chi connectivity index (χ1) is 37.7. The summed E-state index contributed by atoms with van der Waals surface area (Å²) in [6, 6.07) is 32.3. The van der Waals surface area contributed by atoms with Gasteiger partial charge in [-0.05, 0) is 106 Å². The molecule has 0 aliphatic carbocycles. The van der Waals surface area contributed by atoms with Crippen molar-refractivity contribution >= 4 is 44.6 Å². The van der Waals surface area contributed by atoms with E-state index in [1.54, 1.807) is 23.7 Å². The molecule has 2 aromatic heterocycles. The zero-order chi connectivity index (χ0) is 56.4. The van der Waals surface area contributed by atoms with Crippen molar-refractivity contribution in [3.8, 4) is 39.6 Å². The molecule has 0 saturated heterocycles. The predicted molar refractivity (Wildman–Crippen MR) is 290 cm³/mol. The first kappa shape index (κ1) is 37.4. The average Bonchev–Trinajstić information content (AvgIpc) is 4.04. The van der Waals surface area contributed by atoms with E-state index in [2.05, 4.69) is 87.7 Å². The Hall–Kier alpha value is -6.42. The molecule has 0 saturated carbocycles. The number of nitrogens with zero attached hydrogens (tertiary/aromatic N) is 4. The van der Waals surface area contributed by atoms with Crippen molar-refractivity contribution in [1.82, 2.24) is 9.55 Å². The van der Waals surface area contributed by atoms with Gasteiger partial charge in [-0.2, -0.15) is 12.1 Å². The van der Waals surface area contributed by atoms with Crippen LogP contribution in [0.5, 0.6) is 11.5 Å². The summed E-state index contributed by atoms with van der Waals surface area (Å²) in [4.78, 5) is 8.66. The summed E-state index contributed by atoms with van der Waals surface area (Å²) in [5, 5.41) is 2.20. The molecule has 0 unspecified atom stereocenters. The van der Waals surface area contributed by atoms with Crippen molar-refractivity contribution in [2.75, 3.05) is 9.80 Å². The van der Waals surface area contributed by atoms with Crippen molar-refractivity contribution in [1.29, 1.82) is 0 Å². The van der Waals surface area contributed by atoms with Gasteiger partial charge in [0.2, 0.25) is 0 Å². The number of pyridine rings is 1. The van der Waals surface area contributed by atoms with Crippen LogP contribution in [0.1, 0.15) is 110 Å². The van der Waals surface area contributed by atoms with Gasteiger partial charge in [-0.1, -0.05) is 164 Å². The monoisotopic (exact) mass is 1110 g/mol. The molecule has 1 aliphatic heterocycles. The van der Waals surface area contributed by atoms with Crippen LogP contribution in [0, 0.1) is 24.7 Å². The zero-order valence-corrected chi connectivity index (χ0v) is 43.1. The van der Waals surface area contributed by atoms with E-state index < -0.39 is 60.4 Å². The van der Waals surface area contributed by atoms with Crippen LogP contribution in [0.2, 0.25) is 0 Å². The van der Waals surface area contributed by atoms with E-state index in [0.717, 1.165) is 70.9 Å². The predicted octanol–water partition coefficient (Wildman–Crippen LogP) is 17.5. The molecule has 0 atom stereocenters. The van der Waals surface area contributed by atoms with Crippen molar-refractivity contribution in [2.45, 2.75) is 98.8 Å². The van der Waals surface area contributed by atoms with Crippen molar-refractivity contribution < 1.29 is 39.5 Å². The molecule has 0 spiro atoms. The van der Waals surface area contributed by atoms with Gasteiger partial charge in [-0.3, -0.25) is 0 Å². The normalized spacial score (nSPS) is 14.5. The van der Waals surface area contributed by atoms with Gasteiger partial charge < -0.3 is 19.1 Å². The minimum absolute atomic E-state index is 0. The third-order valence-electron chi connectivity index (χ3n) is 12.8. The average molecular weight is 1110 g/mol. The van der Waals surface area contributed by atoms with Crippen molar-refractivity contribution in [3.05, 3.63) is 199 Å². The molecule has 5 nitrogen and oxygen atoms in total. The third kappa shape index (κ3) is 9.84. The molecule has 0 radical (unpaired) electrons. The number of anilines is 4. The molecule has 10 rings (SSSR count). The second-order valence-corrected chi connectivity index (χ2v) is 19.4. The van der Waals surface area contributed by atoms with Crippen LogP contribution in [0.25, 0.3) is 49.9 Å². The van der Waals surface area contributed by atoms with Crippen LogP contribution in [0.15, 0.2) is 158 Å². The number of hydrogen-bond acceptors (Lipinski definition) is 4. The molecule has 3 heterocycles. The number of ether oxygens (including phenoxy) is 1. The maximum atomic E-state index is 9.28. The Bertz CT molecular complexity index is 3720. The molecule has 0 fully saturated rings. The Balaban J connectivity index is 0.00000774. The number of para-hydroxylation sites is 2. The quantitative estimate of drug-likeness (QED) is 0.0757. The molecule has 9 aromatic rings. The molecule has 6 heteroatoms. The fourth-order valence-electron chi connectivity index (χ4n) is 9.51. The van der Waals surface area contributed by atoms with E-state index >= 15 is 0 Å². The van der Waals surface area contributed by atoms with Crippen LogP contribution in [-0.2, 0) is 45.7 Å². The maximum absolute atomic E-state index is 9.28. The van der Waals surface area contributed by atoms with Gasteiger partial charge in [0.1, 0.15) is 5.82 Å². The van der Waals surface area contributed by atoms with Crippen LogP contribution in [0.3, 0.4) is 0 Å². The summed E-state index contributed by atoms with van der Waals surface area (Å²) < 4.78 is 98.4. The smallest absolute Gasteiger partial charge is 0.135 e. The van der Waals surface area contributed by atoms with Gasteiger partial charge in [0, 0.05) is 72.5 Å². The number of fused-ring (bicyclic) bond motifs is 4. The minimum Gasteiger partial charge on any atom is -0.509 e. The largest absolute Gasteiger partial charge is 0.509 e. The molecule has 7 aromatic carbocycles. The third-order valence-corrected chi connectivity index (χ3v) is 12.8. The summed E-state index contributed by atoms with van der Waals surface area (Å²) in [6.45, 7) is 16.8. The van der Waals surface area contributed by atoms with Crippen LogP contribution >= 0.6 is 0 Å². The first-order valence-corrected chi connectivity index (χ1v) is 24.3. The molecular weight excluding hydrogens is 1040 g/mol. The van der Waals surface area contributed by atoms with E-state index in [-0.39, 0.29) is 60.3 Å². The fourth-order valence-corrected chi connectivity index (χ4v) is 9.51. The maximum Gasteiger partial charge on any atom is 0.135 e.